The van der Waals surface area contributed by atoms with Crippen molar-refractivity contribution in [1.29, 1.82) is 0 Å². The van der Waals surface area contributed by atoms with Crippen LogP contribution in [0.4, 0.5) is 5.13 Å². The molecule has 0 atom stereocenters. The molecule has 0 aliphatic heterocycles. The molecule has 1 aliphatic carbocycles. The van der Waals surface area contributed by atoms with Gasteiger partial charge in [-0.1, -0.05) is 12.8 Å². The zero-order valence-electron chi connectivity index (χ0n) is 15.9. The summed E-state index contributed by atoms with van der Waals surface area (Å²) in [4.78, 5) is 25.2. The highest BCUT2D eigenvalue weighted by atomic mass is 32.1. The van der Waals surface area contributed by atoms with E-state index < -0.39 is 0 Å². The molecule has 0 spiro atoms. The van der Waals surface area contributed by atoms with E-state index in [-0.39, 0.29) is 11.3 Å². The molecule has 2 N–H and O–H groups in total. The molecule has 0 bridgehead atoms. The van der Waals surface area contributed by atoms with Crippen LogP contribution in [0.5, 0.6) is 0 Å². The molecule has 0 unspecified atom stereocenters. The molecule has 1 amide bonds. The lowest BCUT2D eigenvalue weighted by Crippen LogP contribution is -2.49. The van der Waals surface area contributed by atoms with Crippen molar-refractivity contribution in [2.45, 2.75) is 32.2 Å². The summed E-state index contributed by atoms with van der Waals surface area (Å²) in [6.07, 6.45) is 4.09. The van der Waals surface area contributed by atoms with Gasteiger partial charge in [0.1, 0.15) is 0 Å². The van der Waals surface area contributed by atoms with Crippen molar-refractivity contribution in [1.82, 2.24) is 20.5 Å². The molecule has 7 nitrogen and oxygen atoms in total. The number of rotatable bonds is 6. The molecular weight excluding hydrogens is 336 g/mol. The molecule has 1 heterocycles. The minimum Gasteiger partial charge on any atom is -0.355 e. The van der Waals surface area contributed by atoms with Crippen LogP contribution in [0.15, 0.2) is 10.4 Å². The average molecular weight is 367 g/mol. The van der Waals surface area contributed by atoms with Gasteiger partial charge in [-0.15, -0.1) is 11.3 Å². The lowest BCUT2D eigenvalue weighted by molar-refractivity contribution is -0.138. The SMILES string of the molecule is CN=C(NCc1csc(N(C)C)n1)NCC1(C(=O)N(C)C)CCCC1. The molecule has 1 aromatic rings. The average Bonchev–Trinajstić information content (AvgIpc) is 3.24. The molecule has 0 saturated heterocycles. The summed E-state index contributed by atoms with van der Waals surface area (Å²) in [5.41, 5.74) is 0.677. The zero-order chi connectivity index (χ0) is 18.4. The second-order valence-corrected chi connectivity index (χ2v) is 7.82. The van der Waals surface area contributed by atoms with Crippen LogP contribution in [0.1, 0.15) is 31.4 Å². The molecule has 1 aliphatic rings. The quantitative estimate of drug-likeness (QED) is 0.590. The second kappa shape index (κ2) is 8.51. The normalized spacial score (nSPS) is 16.6. The van der Waals surface area contributed by atoms with Gasteiger partial charge in [-0.2, -0.15) is 0 Å². The lowest BCUT2D eigenvalue weighted by Gasteiger charge is -2.31. The number of carbonyl (C=O) groups excluding carboxylic acids is 1. The van der Waals surface area contributed by atoms with Crippen molar-refractivity contribution in [2.75, 3.05) is 46.7 Å². The highest BCUT2D eigenvalue weighted by Crippen LogP contribution is 2.38. The monoisotopic (exact) mass is 366 g/mol. The van der Waals surface area contributed by atoms with E-state index in [1.807, 2.05) is 38.5 Å². The number of carbonyl (C=O) groups is 1. The van der Waals surface area contributed by atoms with Crippen molar-refractivity contribution in [3.05, 3.63) is 11.1 Å². The molecule has 1 fully saturated rings. The van der Waals surface area contributed by atoms with E-state index in [2.05, 4.69) is 20.6 Å². The minimum absolute atomic E-state index is 0.211. The Balaban J connectivity index is 1.91. The third kappa shape index (κ3) is 4.84. The van der Waals surface area contributed by atoms with Crippen LogP contribution in [0, 0.1) is 5.41 Å². The number of anilines is 1. The van der Waals surface area contributed by atoms with Gasteiger partial charge in [0.05, 0.1) is 17.7 Å². The van der Waals surface area contributed by atoms with Gasteiger partial charge in [-0.25, -0.2) is 4.98 Å². The molecule has 1 aromatic heterocycles. The Morgan fingerprint density at radius 1 is 1.28 bits per heavy atom. The van der Waals surface area contributed by atoms with Crippen molar-refractivity contribution in [2.24, 2.45) is 10.4 Å². The summed E-state index contributed by atoms with van der Waals surface area (Å²) in [7, 11) is 9.38. The van der Waals surface area contributed by atoms with E-state index in [4.69, 9.17) is 0 Å². The number of aromatic nitrogens is 1. The van der Waals surface area contributed by atoms with Gasteiger partial charge in [0.15, 0.2) is 11.1 Å². The first-order valence-electron chi connectivity index (χ1n) is 8.66. The number of hydrogen-bond donors (Lipinski definition) is 2. The highest BCUT2D eigenvalue weighted by Gasteiger charge is 2.42. The zero-order valence-corrected chi connectivity index (χ0v) is 16.7. The summed E-state index contributed by atoms with van der Waals surface area (Å²) in [6.45, 7) is 1.22. The van der Waals surface area contributed by atoms with E-state index in [0.717, 1.165) is 36.5 Å². The first-order chi connectivity index (χ1) is 11.9. The Labute approximate surface area is 154 Å². The molecule has 8 heteroatoms. The molecule has 1 saturated carbocycles. The summed E-state index contributed by atoms with van der Waals surface area (Å²) >= 11 is 1.62. The Hall–Kier alpha value is -1.83. The Morgan fingerprint density at radius 3 is 2.48 bits per heavy atom. The van der Waals surface area contributed by atoms with Gasteiger partial charge in [-0.05, 0) is 12.8 Å². The van der Waals surface area contributed by atoms with Crippen molar-refractivity contribution < 1.29 is 4.79 Å². The standard InChI is InChI=1S/C17H30N6OS/c1-18-15(19-10-13-11-25-16(21-13)23(4)5)20-12-17(8-6-7-9-17)14(24)22(2)3/h11H,6-10,12H2,1-5H3,(H2,18,19,20). The van der Waals surface area contributed by atoms with Crippen LogP contribution in [-0.2, 0) is 11.3 Å². The van der Waals surface area contributed by atoms with Crippen molar-refractivity contribution in [3.8, 4) is 0 Å². The molecule has 2 rings (SSSR count). The van der Waals surface area contributed by atoms with Crippen molar-refractivity contribution >= 4 is 28.3 Å². The fourth-order valence-corrected chi connectivity index (χ4v) is 3.98. The third-order valence-corrected chi connectivity index (χ3v) is 5.65. The van der Waals surface area contributed by atoms with Crippen molar-refractivity contribution in [3.63, 3.8) is 0 Å². The van der Waals surface area contributed by atoms with E-state index in [1.54, 1.807) is 23.3 Å². The Morgan fingerprint density at radius 2 is 1.96 bits per heavy atom. The summed E-state index contributed by atoms with van der Waals surface area (Å²) in [6, 6.07) is 0. The first-order valence-corrected chi connectivity index (χ1v) is 9.54. The van der Waals surface area contributed by atoms with Crippen LogP contribution in [0.3, 0.4) is 0 Å². The van der Waals surface area contributed by atoms with Gasteiger partial charge in [-0.3, -0.25) is 9.79 Å². The summed E-state index contributed by atoms with van der Waals surface area (Å²) < 4.78 is 0. The van der Waals surface area contributed by atoms with Crippen LogP contribution in [0.25, 0.3) is 0 Å². The highest BCUT2D eigenvalue weighted by molar-refractivity contribution is 7.13. The molecule has 25 heavy (non-hydrogen) atoms. The van der Waals surface area contributed by atoms with Crippen LogP contribution < -0.4 is 15.5 Å². The number of nitrogens with zero attached hydrogens (tertiary/aromatic N) is 4. The Bertz CT molecular complexity index is 604. The predicted molar refractivity (Wildman–Crippen MR) is 104 cm³/mol. The van der Waals surface area contributed by atoms with Gasteiger partial charge >= 0.3 is 0 Å². The Kier molecular flexibility index (Phi) is 6.64. The molecule has 0 radical (unpaired) electrons. The maximum absolute atomic E-state index is 12.6. The van der Waals surface area contributed by atoms with Crippen LogP contribution in [0.2, 0.25) is 0 Å². The number of guanidine groups is 1. The summed E-state index contributed by atoms with van der Waals surface area (Å²) in [5.74, 6) is 0.917. The van der Waals surface area contributed by atoms with E-state index in [1.165, 1.54) is 0 Å². The fourth-order valence-electron chi connectivity index (χ4n) is 3.22. The summed E-state index contributed by atoms with van der Waals surface area (Å²) in [5, 5.41) is 9.66. The maximum Gasteiger partial charge on any atom is 0.230 e. The number of aliphatic imine (C=N–C) groups is 1. The first kappa shape index (κ1) is 19.5. The smallest absolute Gasteiger partial charge is 0.230 e. The van der Waals surface area contributed by atoms with Crippen LogP contribution >= 0.6 is 11.3 Å². The van der Waals surface area contributed by atoms with E-state index in [0.29, 0.717) is 19.0 Å². The number of thiazole rings is 1. The van der Waals surface area contributed by atoms with Crippen LogP contribution in [-0.4, -0.2) is 63.5 Å². The minimum atomic E-state index is -0.306. The lowest BCUT2D eigenvalue weighted by atomic mass is 9.84. The largest absolute Gasteiger partial charge is 0.355 e. The second-order valence-electron chi connectivity index (χ2n) is 6.98. The number of nitrogens with one attached hydrogen (secondary N) is 2. The third-order valence-electron chi connectivity index (χ3n) is 4.60. The number of hydrogen-bond acceptors (Lipinski definition) is 5. The molecule has 140 valence electrons. The maximum atomic E-state index is 12.6. The predicted octanol–water partition coefficient (Wildman–Crippen LogP) is 1.52. The van der Waals surface area contributed by atoms with E-state index >= 15 is 0 Å². The van der Waals surface area contributed by atoms with Gasteiger partial charge < -0.3 is 20.4 Å². The van der Waals surface area contributed by atoms with Gasteiger partial charge in [0.25, 0.3) is 0 Å². The fraction of sp³-hybridized carbons (Fsp3) is 0.706. The molecular formula is C17H30N6OS. The van der Waals surface area contributed by atoms with Gasteiger partial charge in [0.2, 0.25) is 5.91 Å². The number of amides is 1. The topological polar surface area (TPSA) is 72.9 Å². The van der Waals surface area contributed by atoms with E-state index in [9.17, 15) is 4.79 Å². The van der Waals surface area contributed by atoms with Gasteiger partial charge in [0, 0.05) is 47.2 Å². The molecule has 0 aromatic carbocycles.